The van der Waals surface area contributed by atoms with Crippen molar-refractivity contribution < 1.29 is 5.11 Å². The summed E-state index contributed by atoms with van der Waals surface area (Å²) in [5.74, 6) is 0. The maximum absolute atomic E-state index is 9.97. The highest BCUT2D eigenvalue weighted by molar-refractivity contribution is 5.44. The molecule has 0 aliphatic rings. The number of benzene rings is 2. The van der Waals surface area contributed by atoms with Gasteiger partial charge in [-0.3, -0.25) is 0 Å². The first-order chi connectivity index (χ1) is 8.25. The molecule has 0 saturated carbocycles. The molecule has 2 nitrogen and oxygen atoms in total. The third kappa shape index (κ3) is 3.33. The van der Waals surface area contributed by atoms with Gasteiger partial charge in [-0.25, -0.2) is 0 Å². The molecule has 1 unspecified atom stereocenters. The van der Waals surface area contributed by atoms with E-state index in [0.717, 1.165) is 11.3 Å². The van der Waals surface area contributed by atoms with Crippen LogP contribution in [0.1, 0.15) is 17.2 Å². The minimum absolute atomic E-state index is 0.475. The monoisotopic (exact) mass is 227 g/mol. The van der Waals surface area contributed by atoms with Gasteiger partial charge in [0.2, 0.25) is 0 Å². The molecule has 0 bridgehead atoms. The third-order valence-electron chi connectivity index (χ3n) is 2.74. The summed E-state index contributed by atoms with van der Waals surface area (Å²) in [6, 6.07) is 17.8. The Kier molecular flexibility index (Phi) is 3.78. The Morgan fingerprint density at radius 3 is 2.29 bits per heavy atom. The van der Waals surface area contributed by atoms with Crippen molar-refractivity contribution >= 4 is 5.69 Å². The molecule has 0 heterocycles. The van der Waals surface area contributed by atoms with Crippen LogP contribution in [0.4, 0.5) is 5.69 Å². The van der Waals surface area contributed by atoms with Gasteiger partial charge in [0, 0.05) is 12.2 Å². The molecule has 0 aliphatic heterocycles. The summed E-state index contributed by atoms with van der Waals surface area (Å²) in [5, 5.41) is 13.2. The molecule has 0 fully saturated rings. The highest BCUT2D eigenvalue weighted by Gasteiger charge is 2.05. The lowest BCUT2D eigenvalue weighted by molar-refractivity contribution is 0.191. The number of aliphatic hydroxyl groups excluding tert-OH is 1. The molecule has 2 rings (SSSR count). The molecule has 0 aliphatic carbocycles. The van der Waals surface area contributed by atoms with Crippen molar-refractivity contribution in [2.75, 3.05) is 11.9 Å². The van der Waals surface area contributed by atoms with Crippen LogP contribution in [0.15, 0.2) is 54.6 Å². The minimum Gasteiger partial charge on any atom is -0.387 e. The summed E-state index contributed by atoms with van der Waals surface area (Å²) >= 11 is 0. The molecule has 17 heavy (non-hydrogen) atoms. The molecule has 2 aromatic carbocycles. The fourth-order valence-electron chi connectivity index (χ4n) is 1.68. The first-order valence-electron chi connectivity index (χ1n) is 5.79. The zero-order valence-electron chi connectivity index (χ0n) is 9.93. The number of hydrogen-bond donors (Lipinski definition) is 2. The van der Waals surface area contributed by atoms with Gasteiger partial charge in [-0.2, -0.15) is 0 Å². The molecular weight excluding hydrogens is 210 g/mol. The maximum atomic E-state index is 9.97. The number of aliphatic hydroxyl groups is 1. The number of nitrogens with one attached hydrogen (secondary N) is 1. The molecule has 2 heteroatoms. The first-order valence-corrected chi connectivity index (χ1v) is 5.79. The fourth-order valence-corrected chi connectivity index (χ4v) is 1.68. The molecule has 0 radical (unpaired) electrons. The summed E-state index contributed by atoms with van der Waals surface area (Å²) in [5.41, 5.74) is 3.21. The average molecular weight is 227 g/mol. The fraction of sp³-hybridized carbons (Fsp3) is 0.200. The van der Waals surface area contributed by atoms with Gasteiger partial charge in [0.05, 0.1) is 6.10 Å². The van der Waals surface area contributed by atoms with Gasteiger partial charge in [-0.1, -0.05) is 48.0 Å². The van der Waals surface area contributed by atoms with Crippen molar-refractivity contribution in [3.05, 3.63) is 65.7 Å². The lowest BCUT2D eigenvalue weighted by Gasteiger charge is -2.13. The van der Waals surface area contributed by atoms with Crippen LogP contribution in [0, 0.1) is 6.92 Å². The molecule has 0 saturated heterocycles. The van der Waals surface area contributed by atoms with E-state index in [4.69, 9.17) is 0 Å². The van der Waals surface area contributed by atoms with Crippen LogP contribution in [-0.4, -0.2) is 11.7 Å². The van der Waals surface area contributed by atoms with Crippen molar-refractivity contribution in [3.8, 4) is 0 Å². The SMILES string of the molecule is Cc1ccc(NCC(O)c2ccccc2)cc1. The number of rotatable bonds is 4. The number of hydrogen-bond acceptors (Lipinski definition) is 2. The summed E-state index contributed by atoms with van der Waals surface area (Å²) in [6.45, 7) is 2.58. The standard InChI is InChI=1S/C15H17NO/c1-12-7-9-14(10-8-12)16-11-15(17)13-5-3-2-4-6-13/h2-10,15-17H,11H2,1H3. The van der Waals surface area contributed by atoms with Crippen molar-refractivity contribution in [3.63, 3.8) is 0 Å². The molecule has 2 aromatic rings. The summed E-state index contributed by atoms with van der Waals surface area (Å²) in [7, 11) is 0. The topological polar surface area (TPSA) is 32.3 Å². The minimum atomic E-state index is -0.475. The Morgan fingerprint density at radius 2 is 1.65 bits per heavy atom. The maximum Gasteiger partial charge on any atom is 0.0962 e. The van der Waals surface area contributed by atoms with Crippen molar-refractivity contribution in [1.82, 2.24) is 0 Å². The normalized spacial score (nSPS) is 12.1. The summed E-state index contributed by atoms with van der Waals surface area (Å²) in [6.07, 6.45) is -0.475. The molecule has 0 spiro atoms. The molecule has 0 amide bonds. The van der Waals surface area contributed by atoms with E-state index in [1.165, 1.54) is 5.56 Å². The van der Waals surface area contributed by atoms with E-state index in [-0.39, 0.29) is 0 Å². The zero-order valence-corrected chi connectivity index (χ0v) is 9.93. The molecular formula is C15H17NO. The van der Waals surface area contributed by atoms with E-state index >= 15 is 0 Å². The van der Waals surface area contributed by atoms with Gasteiger partial charge >= 0.3 is 0 Å². The highest BCUT2D eigenvalue weighted by Crippen LogP contribution is 2.14. The van der Waals surface area contributed by atoms with Crippen molar-refractivity contribution in [1.29, 1.82) is 0 Å². The molecule has 2 N–H and O–H groups in total. The Bertz CT molecular complexity index is 450. The van der Waals surface area contributed by atoms with E-state index < -0.39 is 6.10 Å². The second-order valence-electron chi connectivity index (χ2n) is 4.17. The van der Waals surface area contributed by atoms with Gasteiger partial charge in [0.15, 0.2) is 0 Å². The van der Waals surface area contributed by atoms with Crippen LogP contribution in [0.5, 0.6) is 0 Å². The number of aryl methyl sites for hydroxylation is 1. The Balaban J connectivity index is 1.92. The lowest BCUT2D eigenvalue weighted by Crippen LogP contribution is -2.11. The van der Waals surface area contributed by atoms with Crippen LogP contribution in [-0.2, 0) is 0 Å². The predicted molar refractivity (Wildman–Crippen MR) is 71.1 cm³/mol. The second-order valence-corrected chi connectivity index (χ2v) is 4.17. The molecule has 1 atom stereocenters. The summed E-state index contributed by atoms with van der Waals surface area (Å²) in [4.78, 5) is 0. The average Bonchev–Trinajstić information content (AvgIpc) is 2.39. The second kappa shape index (κ2) is 5.51. The molecule has 0 aromatic heterocycles. The van der Waals surface area contributed by atoms with E-state index in [0.29, 0.717) is 6.54 Å². The van der Waals surface area contributed by atoms with Crippen molar-refractivity contribution in [2.45, 2.75) is 13.0 Å². The Labute approximate surface area is 102 Å². The van der Waals surface area contributed by atoms with E-state index in [2.05, 4.69) is 24.4 Å². The summed E-state index contributed by atoms with van der Waals surface area (Å²) < 4.78 is 0. The van der Waals surface area contributed by atoms with E-state index in [1.54, 1.807) is 0 Å². The van der Waals surface area contributed by atoms with E-state index in [9.17, 15) is 5.11 Å². The van der Waals surface area contributed by atoms with Crippen LogP contribution >= 0.6 is 0 Å². The predicted octanol–water partition coefficient (Wildman–Crippen LogP) is 3.14. The van der Waals surface area contributed by atoms with Gasteiger partial charge in [-0.05, 0) is 24.6 Å². The smallest absolute Gasteiger partial charge is 0.0962 e. The van der Waals surface area contributed by atoms with Gasteiger partial charge < -0.3 is 10.4 Å². The highest BCUT2D eigenvalue weighted by atomic mass is 16.3. The van der Waals surface area contributed by atoms with Crippen molar-refractivity contribution in [2.24, 2.45) is 0 Å². The van der Waals surface area contributed by atoms with Gasteiger partial charge in [-0.15, -0.1) is 0 Å². The Hall–Kier alpha value is -1.80. The zero-order chi connectivity index (χ0) is 12.1. The number of anilines is 1. The van der Waals surface area contributed by atoms with Gasteiger partial charge in [0.1, 0.15) is 0 Å². The quantitative estimate of drug-likeness (QED) is 0.841. The largest absolute Gasteiger partial charge is 0.387 e. The van der Waals surface area contributed by atoms with E-state index in [1.807, 2.05) is 42.5 Å². The van der Waals surface area contributed by atoms with Crippen LogP contribution in [0.25, 0.3) is 0 Å². The van der Waals surface area contributed by atoms with Gasteiger partial charge in [0.25, 0.3) is 0 Å². The van der Waals surface area contributed by atoms with Crippen LogP contribution in [0.3, 0.4) is 0 Å². The first kappa shape index (κ1) is 11.7. The van der Waals surface area contributed by atoms with Crippen LogP contribution in [0.2, 0.25) is 0 Å². The van der Waals surface area contributed by atoms with Crippen LogP contribution < -0.4 is 5.32 Å². The third-order valence-corrected chi connectivity index (χ3v) is 2.74. The lowest BCUT2D eigenvalue weighted by atomic mass is 10.1. The Morgan fingerprint density at radius 1 is 1.00 bits per heavy atom. The molecule has 88 valence electrons.